The van der Waals surface area contributed by atoms with Gasteiger partial charge in [0, 0.05) is 36.1 Å². The molecule has 1 fully saturated rings. The van der Waals surface area contributed by atoms with Crippen LogP contribution in [-0.4, -0.2) is 23.8 Å². The fourth-order valence-corrected chi connectivity index (χ4v) is 4.10. The van der Waals surface area contributed by atoms with Gasteiger partial charge in [-0.15, -0.1) is 0 Å². The first kappa shape index (κ1) is 18.9. The van der Waals surface area contributed by atoms with E-state index in [9.17, 15) is 14.9 Å². The monoisotopic (exact) mass is 403 g/mol. The van der Waals surface area contributed by atoms with Gasteiger partial charge in [0.25, 0.3) is 5.69 Å². The van der Waals surface area contributed by atoms with E-state index in [1.54, 1.807) is 25.3 Å². The standard InChI is InChI=1S/C20H18ClNO6/c1-20(26-2)10-15(11-3-5-12(21)6-4-11)17-18(28-20)14-8-7-13(22(24)25)9-16(14)27-19(17)23/h3-9,15,17-18H,10H2,1-2H3. The van der Waals surface area contributed by atoms with Crippen LogP contribution < -0.4 is 4.74 Å². The molecule has 2 aliphatic heterocycles. The van der Waals surface area contributed by atoms with Gasteiger partial charge in [-0.1, -0.05) is 23.7 Å². The van der Waals surface area contributed by atoms with Crippen molar-refractivity contribution in [2.24, 2.45) is 5.92 Å². The first-order valence-electron chi connectivity index (χ1n) is 8.80. The lowest BCUT2D eigenvalue weighted by Crippen LogP contribution is -2.49. The SMILES string of the molecule is COC1(C)CC(c2ccc(Cl)cc2)C2C(=O)Oc3cc([N+](=O)[O-])ccc3C2O1. The van der Waals surface area contributed by atoms with Gasteiger partial charge in [0.2, 0.25) is 0 Å². The van der Waals surface area contributed by atoms with Crippen LogP contribution in [0.25, 0.3) is 0 Å². The van der Waals surface area contributed by atoms with Gasteiger partial charge in [0.05, 0.1) is 16.9 Å². The Morgan fingerprint density at radius 3 is 2.61 bits per heavy atom. The number of nitrogens with zero attached hydrogens (tertiary/aromatic N) is 1. The topological polar surface area (TPSA) is 87.9 Å². The first-order valence-corrected chi connectivity index (χ1v) is 9.17. The van der Waals surface area contributed by atoms with E-state index in [1.807, 2.05) is 19.1 Å². The third-order valence-electron chi connectivity index (χ3n) is 5.45. The summed E-state index contributed by atoms with van der Waals surface area (Å²) in [6, 6.07) is 11.5. The van der Waals surface area contributed by atoms with Crippen molar-refractivity contribution in [3.05, 3.63) is 68.7 Å². The predicted octanol–water partition coefficient (Wildman–Crippen LogP) is 4.39. The minimum absolute atomic E-state index is 0.149. The molecular weight excluding hydrogens is 386 g/mol. The number of carbonyl (C=O) groups excluding carboxylic acids is 1. The van der Waals surface area contributed by atoms with Crippen molar-refractivity contribution < 1.29 is 23.9 Å². The number of rotatable bonds is 3. The number of hydrogen-bond acceptors (Lipinski definition) is 6. The number of carbonyl (C=O) groups is 1. The van der Waals surface area contributed by atoms with Crippen molar-refractivity contribution in [2.75, 3.05) is 7.11 Å². The van der Waals surface area contributed by atoms with Crippen LogP contribution in [0.3, 0.4) is 0 Å². The second-order valence-electron chi connectivity index (χ2n) is 7.16. The Morgan fingerprint density at radius 2 is 1.96 bits per heavy atom. The van der Waals surface area contributed by atoms with Crippen LogP contribution in [0, 0.1) is 16.0 Å². The largest absolute Gasteiger partial charge is 0.426 e. The van der Waals surface area contributed by atoms with Crippen molar-refractivity contribution in [3.8, 4) is 5.75 Å². The molecule has 4 atom stereocenters. The molecule has 2 aliphatic rings. The van der Waals surface area contributed by atoms with E-state index in [0.29, 0.717) is 17.0 Å². The quantitative estimate of drug-likeness (QED) is 0.327. The molecule has 0 spiro atoms. The number of nitro benzene ring substituents is 1. The smallest absolute Gasteiger partial charge is 0.317 e. The highest BCUT2D eigenvalue weighted by atomic mass is 35.5. The van der Waals surface area contributed by atoms with Crippen molar-refractivity contribution in [3.63, 3.8) is 0 Å². The number of hydrogen-bond donors (Lipinski definition) is 0. The third kappa shape index (κ3) is 3.15. The summed E-state index contributed by atoms with van der Waals surface area (Å²) in [4.78, 5) is 23.4. The maximum Gasteiger partial charge on any atom is 0.317 e. The highest BCUT2D eigenvalue weighted by molar-refractivity contribution is 6.30. The van der Waals surface area contributed by atoms with Crippen molar-refractivity contribution in [1.29, 1.82) is 0 Å². The predicted molar refractivity (Wildman–Crippen MR) is 100 cm³/mol. The highest BCUT2D eigenvalue weighted by Crippen LogP contribution is 2.53. The second-order valence-corrected chi connectivity index (χ2v) is 7.60. The molecule has 4 rings (SSSR count). The number of benzene rings is 2. The van der Waals surface area contributed by atoms with Gasteiger partial charge in [-0.3, -0.25) is 14.9 Å². The van der Waals surface area contributed by atoms with Gasteiger partial charge in [0.1, 0.15) is 11.9 Å². The van der Waals surface area contributed by atoms with Gasteiger partial charge in [-0.2, -0.15) is 0 Å². The fourth-order valence-electron chi connectivity index (χ4n) is 3.98. The van der Waals surface area contributed by atoms with E-state index in [0.717, 1.165) is 5.56 Å². The van der Waals surface area contributed by atoms with E-state index in [2.05, 4.69) is 0 Å². The van der Waals surface area contributed by atoms with E-state index in [-0.39, 0.29) is 17.4 Å². The third-order valence-corrected chi connectivity index (χ3v) is 5.71. The van der Waals surface area contributed by atoms with E-state index < -0.39 is 28.7 Å². The molecule has 7 nitrogen and oxygen atoms in total. The van der Waals surface area contributed by atoms with Crippen LogP contribution in [0.4, 0.5) is 5.69 Å². The van der Waals surface area contributed by atoms with Crippen LogP contribution >= 0.6 is 11.6 Å². The molecule has 2 heterocycles. The summed E-state index contributed by atoms with van der Waals surface area (Å²) >= 11 is 6.01. The fraction of sp³-hybridized carbons (Fsp3) is 0.350. The zero-order valence-electron chi connectivity index (χ0n) is 15.3. The molecule has 1 saturated heterocycles. The first-order chi connectivity index (χ1) is 13.3. The number of fused-ring (bicyclic) bond motifs is 3. The Kier molecular flexibility index (Phi) is 4.61. The number of non-ortho nitro benzene ring substituents is 1. The molecule has 0 N–H and O–H groups in total. The van der Waals surface area contributed by atoms with Gasteiger partial charge in [0.15, 0.2) is 5.79 Å². The Morgan fingerprint density at radius 1 is 1.25 bits per heavy atom. The average Bonchev–Trinajstić information content (AvgIpc) is 2.67. The number of ether oxygens (including phenoxy) is 3. The number of halogens is 1. The number of methoxy groups -OCH3 is 1. The summed E-state index contributed by atoms with van der Waals surface area (Å²) in [5.41, 5.74) is 1.37. The Hall–Kier alpha value is -2.48. The highest BCUT2D eigenvalue weighted by Gasteiger charge is 2.53. The van der Waals surface area contributed by atoms with Gasteiger partial charge < -0.3 is 14.2 Å². The second kappa shape index (κ2) is 6.84. The van der Waals surface area contributed by atoms with Crippen LogP contribution in [-0.2, 0) is 14.3 Å². The lowest BCUT2D eigenvalue weighted by Gasteiger charge is -2.47. The summed E-state index contributed by atoms with van der Waals surface area (Å²) in [5.74, 6) is -2.08. The molecule has 0 amide bonds. The number of esters is 1. The summed E-state index contributed by atoms with van der Waals surface area (Å²) < 4.78 is 17.3. The lowest BCUT2D eigenvalue weighted by atomic mass is 9.73. The average molecular weight is 404 g/mol. The van der Waals surface area contributed by atoms with Crippen molar-refractivity contribution >= 4 is 23.3 Å². The molecule has 0 aromatic heterocycles. The Labute approximate surface area is 166 Å². The van der Waals surface area contributed by atoms with E-state index in [1.165, 1.54) is 12.1 Å². The van der Waals surface area contributed by atoms with Crippen LogP contribution in [0.1, 0.15) is 36.5 Å². The minimum Gasteiger partial charge on any atom is -0.426 e. The maximum atomic E-state index is 12.9. The van der Waals surface area contributed by atoms with Crippen LogP contribution in [0.2, 0.25) is 5.02 Å². The lowest BCUT2D eigenvalue weighted by molar-refractivity contribution is -0.385. The zero-order chi connectivity index (χ0) is 20.1. The van der Waals surface area contributed by atoms with E-state index >= 15 is 0 Å². The molecule has 0 aliphatic carbocycles. The van der Waals surface area contributed by atoms with Gasteiger partial charge in [-0.25, -0.2) is 0 Å². The molecule has 0 bridgehead atoms. The van der Waals surface area contributed by atoms with Crippen molar-refractivity contribution in [2.45, 2.75) is 31.2 Å². The molecule has 4 unspecified atom stereocenters. The zero-order valence-corrected chi connectivity index (χ0v) is 16.0. The molecule has 28 heavy (non-hydrogen) atoms. The Bertz CT molecular complexity index is 946. The summed E-state index contributed by atoms with van der Waals surface area (Å²) in [6.45, 7) is 1.82. The summed E-state index contributed by atoms with van der Waals surface area (Å²) in [7, 11) is 1.55. The number of nitro groups is 1. The van der Waals surface area contributed by atoms with Crippen LogP contribution in [0.5, 0.6) is 5.75 Å². The molecule has 0 radical (unpaired) electrons. The van der Waals surface area contributed by atoms with Crippen molar-refractivity contribution in [1.82, 2.24) is 0 Å². The molecule has 2 aromatic carbocycles. The molecule has 8 heteroatoms. The van der Waals surface area contributed by atoms with Gasteiger partial charge >= 0.3 is 5.97 Å². The maximum absolute atomic E-state index is 12.9. The summed E-state index contributed by atoms with van der Waals surface area (Å²) in [6.07, 6.45) is -0.194. The molecule has 2 aromatic rings. The van der Waals surface area contributed by atoms with E-state index in [4.69, 9.17) is 25.8 Å². The minimum atomic E-state index is -0.928. The van der Waals surface area contributed by atoms with Crippen LogP contribution in [0.15, 0.2) is 42.5 Å². The molecule has 146 valence electrons. The summed E-state index contributed by atoms with van der Waals surface area (Å²) in [5, 5.41) is 11.7. The Balaban J connectivity index is 1.81. The van der Waals surface area contributed by atoms with Gasteiger partial charge in [-0.05, 0) is 30.7 Å². The molecular formula is C20H18ClNO6. The molecule has 0 saturated carbocycles. The normalized spacial score (nSPS) is 28.8.